The van der Waals surface area contributed by atoms with E-state index >= 15 is 0 Å². The molecule has 0 aliphatic carbocycles. The van der Waals surface area contributed by atoms with E-state index in [9.17, 15) is 14.7 Å². The highest BCUT2D eigenvalue weighted by atomic mass is 16.6. The zero-order valence-electron chi connectivity index (χ0n) is 20.3. The normalized spacial score (nSPS) is 18.1. The molecule has 37 heavy (non-hydrogen) atoms. The van der Waals surface area contributed by atoms with Gasteiger partial charge in [-0.1, -0.05) is 55.1 Å². The van der Waals surface area contributed by atoms with E-state index in [-0.39, 0.29) is 11.3 Å². The molecular formula is C30H27NO6. The molecule has 0 bridgehead atoms. The molecule has 3 aromatic rings. The molecule has 1 atom stereocenters. The van der Waals surface area contributed by atoms with E-state index in [1.807, 2.05) is 36.4 Å². The zero-order chi connectivity index (χ0) is 25.8. The van der Waals surface area contributed by atoms with Crippen LogP contribution in [0.25, 0.3) is 5.76 Å². The molecule has 2 aliphatic heterocycles. The maximum atomic E-state index is 13.4. The number of carbonyl (C=O) groups is 2. The van der Waals surface area contributed by atoms with Crippen LogP contribution in [-0.2, 0) is 16.0 Å². The highest BCUT2D eigenvalue weighted by Crippen LogP contribution is 2.41. The Morgan fingerprint density at radius 1 is 1.00 bits per heavy atom. The minimum absolute atomic E-state index is 0.0237. The van der Waals surface area contributed by atoms with Crippen LogP contribution in [0.15, 0.2) is 91.0 Å². The quantitative estimate of drug-likeness (QED) is 0.210. The molecule has 7 heteroatoms. The Kier molecular flexibility index (Phi) is 6.94. The summed E-state index contributed by atoms with van der Waals surface area (Å²) in [4.78, 5) is 28.2. The average molecular weight is 498 g/mol. The van der Waals surface area contributed by atoms with Crippen molar-refractivity contribution in [2.45, 2.75) is 12.5 Å². The van der Waals surface area contributed by atoms with E-state index in [0.29, 0.717) is 61.2 Å². The molecule has 0 spiro atoms. The Morgan fingerprint density at radius 3 is 2.57 bits per heavy atom. The number of Topliss-reactive ketones (excluding diaryl/α,β-unsaturated/α-hetero) is 1. The third-order valence-electron chi connectivity index (χ3n) is 6.38. The van der Waals surface area contributed by atoms with Gasteiger partial charge in [0.1, 0.15) is 31.3 Å². The molecule has 1 fully saturated rings. The summed E-state index contributed by atoms with van der Waals surface area (Å²) in [5.41, 5.74) is 2.09. The first kappa shape index (κ1) is 24.2. The van der Waals surface area contributed by atoms with Crippen LogP contribution < -0.4 is 14.2 Å². The van der Waals surface area contributed by atoms with Gasteiger partial charge in [0.05, 0.1) is 11.6 Å². The number of aliphatic hydroxyl groups excluding tert-OH is 1. The lowest BCUT2D eigenvalue weighted by molar-refractivity contribution is -0.139. The highest BCUT2D eigenvalue weighted by Gasteiger charge is 2.46. The second-order valence-electron chi connectivity index (χ2n) is 8.76. The maximum Gasteiger partial charge on any atom is 0.295 e. The number of rotatable bonds is 8. The van der Waals surface area contributed by atoms with Crippen molar-refractivity contribution in [2.75, 3.05) is 26.4 Å². The smallest absolute Gasteiger partial charge is 0.295 e. The topological polar surface area (TPSA) is 85.3 Å². The summed E-state index contributed by atoms with van der Waals surface area (Å²) < 4.78 is 16.9. The van der Waals surface area contributed by atoms with Crippen molar-refractivity contribution in [1.82, 2.24) is 4.90 Å². The number of hydrogen-bond donors (Lipinski definition) is 1. The van der Waals surface area contributed by atoms with Gasteiger partial charge in [0.15, 0.2) is 11.5 Å². The van der Waals surface area contributed by atoms with Gasteiger partial charge in [-0.05, 0) is 47.9 Å². The van der Waals surface area contributed by atoms with E-state index in [1.165, 1.54) is 4.90 Å². The predicted molar refractivity (Wildman–Crippen MR) is 139 cm³/mol. The molecular weight excluding hydrogens is 470 g/mol. The van der Waals surface area contributed by atoms with Gasteiger partial charge in [-0.3, -0.25) is 9.59 Å². The maximum absolute atomic E-state index is 13.4. The van der Waals surface area contributed by atoms with Gasteiger partial charge in [-0.2, -0.15) is 0 Å². The molecule has 0 radical (unpaired) electrons. The van der Waals surface area contributed by atoms with Crippen LogP contribution >= 0.6 is 0 Å². The first-order chi connectivity index (χ1) is 18.1. The van der Waals surface area contributed by atoms with Gasteiger partial charge in [-0.15, -0.1) is 0 Å². The molecule has 1 saturated heterocycles. The number of ketones is 1. The van der Waals surface area contributed by atoms with E-state index in [4.69, 9.17) is 14.2 Å². The molecule has 2 aliphatic rings. The molecule has 0 aromatic heterocycles. The molecule has 1 unspecified atom stereocenters. The minimum atomic E-state index is -0.788. The molecule has 0 saturated carbocycles. The summed E-state index contributed by atoms with van der Waals surface area (Å²) in [6.07, 6.45) is 2.20. The van der Waals surface area contributed by atoms with Crippen molar-refractivity contribution < 1.29 is 28.9 Å². The second kappa shape index (κ2) is 10.6. The Bertz CT molecular complexity index is 1360. The Labute approximate surface area is 215 Å². The monoisotopic (exact) mass is 497 g/mol. The van der Waals surface area contributed by atoms with Crippen molar-refractivity contribution in [3.63, 3.8) is 0 Å². The molecule has 5 rings (SSSR count). The lowest BCUT2D eigenvalue weighted by Gasteiger charge is -2.26. The van der Waals surface area contributed by atoms with E-state index < -0.39 is 17.7 Å². The van der Waals surface area contributed by atoms with Crippen molar-refractivity contribution in [2.24, 2.45) is 0 Å². The number of fused-ring (bicyclic) bond motifs is 1. The van der Waals surface area contributed by atoms with Gasteiger partial charge in [-0.25, -0.2) is 0 Å². The Hall–Kier alpha value is -4.52. The van der Waals surface area contributed by atoms with Gasteiger partial charge in [0, 0.05) is 12.1 Å². The summed E-state index contributed by atoms with van der Waals surface area (Å²) in [6, 6.07) is 21.1. The third-order valence-corrected chi connectivity index (χ3v) is 6.38. The predicted octanol–water partition coefficient (Wildman–Crippen LogP) is 4.69. The number of hydrogen-bond acceptors (Lipinski definition) is 6. The summed E-state index contributed by atoms with van der Waals surface area (Å²) in [7, 11) is 0. The Morgan fingerprint density at radius 2 is 1.78 bits per heavy atom. The van der Waals surface area contributed by atoms with Crippen molar-refractivity contribution >= 4 is 17.4 Å². The van der Waals surface area contributed by atoms with Crippen LogP contribution in [0.4, 0.5) is 0 Å². The highest BCUT2D eigenvalue weighted by molar-refractivity contribution is 6.46. The summed E-state index contributed by atoms with van der Waals surface area (Å²) >= 11 is 0. The van der Waals surface area contributed by atoms with Crippen LogP contribution in [0.2, 0.25) is 0 Å². The fourth-order valence-electron chi connectivity index (χ4n) is 4.63. The lowest BCUT2D eigenvalue weighted by atomic mass is 9.95. The first-order valence-electron chi connectivity index (χ1n) is 12.1. The van der Waals surface area contributed by atoms with Gasteiger partial charge in [0.25, 0.3) is 11.7 Å². The van der Waals surface area contributed by atoms with Crippen LogP contribution in [0.3, 0.4) is 0 Å². The summed E-state index contributed by atoms with van der Waals surface area (Å²) in [6.45, 7) is 5.12. The largest absolute Gasteiger partial charge is 0.507 e. The van der Waals surface area contributed by atoms with Gasteiger partial charge >= 0.3 is 0 Å². The second-order valence-corrected chi connectivity index (χ2v) is 8.76. The molecule has 188 valence electrons. The van der Waals surface area contributed by atoms with Crippen LogP contribution in [0.1, 0.15) is 22.7 Å². The number of amides is 1. The summed E-state index contributed by atoms with van der Waals surface area (Å²) in [5.74, 6) is -0.0367. The number of aliphatic hydroxyl groups is 1. The molecule has 3 aromatic carbocycles. The van der Waals surface area contributed by atoms with Crippen LogP contribution in [-0.4, -0.2) is 48.1 Å². The van der Waals surface area contributed by atoms with Gasteiger partial charge < -0.3 is 24.2 Å². The van der Waals surface area contributed by atoms with Crippen LogP contribution in [0, 0.1) is 0 Å². The SMILES string of the molecule is C=CCOc1cccc(C2/C(=C(/O)c3ccc4c(c3)OCCO4)C(=O)C(=O)N2CCc2ccccc2)c1. The fraction of sp³-hybridized carbons (Fsp3) is 0.200. The molecule has 2 heterocycles. The van der Waals surface area contributed by atoms with Crippen molar-refractivity contribution in [3.8, 4) is 17.2 Å². The fourth-order valence-corrected chi connectivity index (χ4v) is 4.63. The van der Waals surface area contributed by atoms with Crippen molar-refractivity contribution in [3.05, 3.63) is 108 Å². The Balaban J connectivity index is 1.57. The number of ether oxygens (including phenoxy) is 3. The van der Waals surface area contributed by atoms with E-state index in [0.717, 1.165) is 5.56 Å². The van der Waals surface area contributed by atoms with E-state index in [1.54, 1.807) is 42.5 Å². The first-order valence-corrected chi connectivity index (χ1v) is 12.1. The zero-order valence-corrected chi connectivity index (χ0v) is 20.3. The van der Waals surface area contributed by atoms with Gasteiger partial charge in [0.2, 0.25) is 0 Å². The number of carbonyl (C=O) groups excluding carboxylic acids is 2. The summed E-state index contributed by atoms with van der Waals surface area (Å²) in [5, 5.41) is 11.4. The third kappa shape index (κ3) is 4.93. The number of benzene rings is 3. The molecule has 1 amide bonds. The van der Waals surface area contributed by atoms with Crippen LogP contribution in [0.5, 0.6) is 17.2 Å². The minimum Gasteiger partial charge on any atom is -0.507 e. The molecule has 7 nitrogen and oxygen atoms in total. The lowest BCUT2D eigenvalue weighted by Crippen LogP contribution is -2.31. The molecule has 1 N–H and O–H groups in total. The number of likely N-dealkylation sites (tertiary alicyclic amines) is 1. The van der Waals surface area contributed by atoms with Crippen molar-refractivity contribution in [1.29, 1.82) is 0 Å². The van der Waals surface area contributed by atoms with E-state index in [2.05, 4.69) is 6.58 Å². The standard InChI is InChI=1S/C30H27NO6/c1-2-15-35-23-10-6-9-21(18-23)27-26(28(32)22-11-12-24-25(19-22)37-17-16-36-24)29(33)30(34)31(27)14-13-20-7-4-3-5-8-20/h2-12,18-19,27,32H,1,13-17H2/b28-26-. The average Bonchev–Trinajstić information content (AvgIpc) is 3.20. The number of nitrogens with zero attached hydrogens (tertiary/aromatic N) is 1.